The Kier molecular flexibility index (Phi) is 4.53. The van der Waals surface area contributed by atoms with Crippen molar-refractivity contribution in [1.82, 2.24) is 14.5 Å². The lowest BCUT2D eigenvalue weighted by molar-refractivity contribution is -0.136. The van der Waals surface area contributed by atoms with Gasteiger partial charge in [-0.05, 0) is 30.9 Å². The van der Waals surface area contributed by atoms with E-state index < -0.39 is 11.2 Å². The topological polar surface area (TPSA) is 101 Å². The number of para-hydroxylation sites is 1. The van der Waals surface area contributed by atoms with Gasteiger partial charge in [-0.15, -0.1) is 0 Å². The third-order valence-corrected chi connectivity index (χ3v) is 4.75. The quantitative estimate of drug-likeness (QED) is 0.844. The van der Waals surface area contributed by atoms with E-state index in [9.17, 15) is 14.4 Å². The van der Waals surface area contributed by atoms with E-state index in [-0.39, 0.29) is 18.5 Å². The number of carbonyl (C=O) groups is 1. The average molecular weight is 330 g/mol. The van der Waals surface area contributed by atoms with Crippen molar-refractivity contribution >= 4 is 16.8 Å². The number of fused-ring (bicyclic) bond motifs is 1. The summed E-state index contributed by atoms with van der Waals surface area (Å²) in [6.45, 7) is 2.88. The molecule has 3 rings (SSSR count). The number of aromatic nitrogens is 2. The molecular weight excluding hydrogens is 308 g/mol. The summed E-state index contributed by atoms with van der Waals surface area (Å²) < 4.78 is 0.969. The Labute approximate surface area is 139 Å². The smallest absolute Gasteiger partial charge is 0.329 e. The molecule has 1 amide bonds. The highest BCUT2D eigenvalue weighted by Gasteiger charge is 2.29. The first-order chi connectivity index (χ1) is 11.5. The van der Waals surface area contributed by atoms with Crippen molar-refractivity contribution in [2.24, 2.45) is 11.7 Å². The first-order valence-corrected chi connectivity index (χ1v) is 8.22. The zero-order valence-corrected chi connectivity index (χ0v) is 13.7. The lowest BCUT2D eigenvalue weighted by atomic mass is 9.92. The van der Waals surface area contributed by atoms with Crippen LogP contribution in [0.1, 0.15) is 19.8 Å². The Bertz CT molecular complexity index is 870. The number of nitrogens with one attached hydrogen (secondary N) is 1. The standard InChI is InChI=1S/C17H22N4O3/c1-11-6-7-20(12(8-11)9-18)15(22)10-21-16(23)13-4-2-3-5-14(13)19-17(21)24/h2-5,11-12H,6-10,18H2,1H3,(H,19,24). The molecule has 1 aromatic heterocycles. The molecule has 2 atom stereocenters. The fraction of sp³-hybridized carbons (Fsp3) is 0.471. The number of hydrogen-bond acceptors (Lipinski definition) is 4. The summed E-state index contributed by atoms with van der Waals surface area (Å²) in [6.07, 6.45) is 1.76. The summed E-state index contributed by atoms with van der Waals surface area (Å²) in [7, 11) is 0. The number of nitrogens with two attached hydrogens (primary N) is 1. The minimum Gasteiger partial charge on any atom is -0.337 e. The predicted octanol–water partition coefficient (Wildman–Crippen LogP) is 0.276. The Morgan fingerprint density at radius 2 is 2.08 bits per heavy atom. The van der Waals surface area contributed by atoms with Gasteiger partial charge in [-0.1, -0.05) is 19.1 Å². The maximum absolute atomic E-state index is 12.6. The molecule has 0 radical (unpaired) electrons. The average Bonchev–Trinajstić information content (AvgIpc) is 2.58. The van der Waals surface area contributed by atoms with Crippen LogP contribution >= 0.6 is 0 Å². The van der Waals surface area contributed by atoms with Crippen molar-refractivity contribution in [3.8, 4) is 0 Å². The van der Waals surface area contributed by atoms with E-state index in [1.54, 1.807) is 29.2 Å². The van der Waals surface area contributed by atoms with E-state index in [0.717, 1.165) is 17.4 Å². The molecule has 1 aliphatic rings. The summed E-state index contributed by atoms with van der Waals surface area (Å²) in [6, 6.07) is 6.75. The summed E-state index contributed by atoms with van der Waals surface area (Å²) in [5, 5.41) is 0.396. The minimum absolute atomic E-state index is 0.0310. The summed E-state index contributed by atoms with van der Waals surface area (Å²) >= 11 is 0. The maximum atomic E-state index is 12.6. The molecule has 1 aromatic carbocycles. The van der Waals surface area contributed by atoms with Gasteiger partial charge >= 0.3 is 5.69 Å². The van der Waals surface area contributed by atoms with Gasteiger partial charge in [0.2, 0.25) is 5.91 Å². The van der Waals surface area contributed by atoms with E-state index in [2.05, 4.69) is 11.9 Å². The minimum atomic E-state index is -0.568. The summed E-state index contributed by atoms with van der Waals surface area (Å²) in [5.74, 6) is 0.287. The summed E-state index contributed by atoms with van der Waals surface area (Å²) in [5.41, 5.74) is 5.25. The molecule has 7 heteroatoms. The number of carbonyl (C=O) groups excluding carboxylic acids is 1. The van der Waals surface area contributed by atoms with Crippen LogP contribution in [-0.2, 0) is 11.3 Å². The lowest BCUT2D eigenvalue weighted by Gasteiger charge is -2.38. The number of hydrogen-bond donors (Lipinski definition) is 2. The number of H-pyrrole nitrogens is 1. The van der Waals surface area contributed by atoms with Crippen molar-refractivity contribution in [3.63, 3.8) is 0 Å². The Balaban J connectivity index is 1.91. The zero-order valence-electron chi connectivity index (χ0n) is 13.7. The second-order valence-corrected chi connectivity index (χ2v) is 6.47. The fourth-order valence-electron chi connectivity index (χ4n) is 3.37. The molecule has 1 saturated heterocycles. The summed E-state index contributed by atoms with van der Waals surface area (Å²) in [4.78, 5) is 41.7. The van der Waals surface area contributed by atoms with Crippen LogP contribution in [0, 0.1) is 5.92 Å². The molecule has 128 valence electrons. The van der Waals surface area contributed by atoms with Gasteiger partial charge in [0, 0.05) is 19.1 Å². The Hall–Kier alpha value is -2.41. The van der Waals surface area contributed by atoms with Crippen LogP contribution in [0.5, 0.6) is 0 Å². The molecule has 1 aliphatic heterocycles. The number of rotatable bonds is 3. The van der Waals surface area contributed by atoms with E-state index in [4.69, 9.17) is 5.73 Å². The highest BCUT2D eigenvalue weighted by Crippen LogP contribution is 2.22. The van der Waals surface area contributed by atoms with Crippen molar-refractivity contribution in [2.45, 2.75) is 32.4 Å². The first kappa shape index (κ1) is 16.4. The van der Waals surface area contributed by atoms with Gasteiger partial charge in [0.15, 0.2) is 0 Å². The van der Waals surface area contributed by atoms with Crippen molar-refractivity contribution in [3.05, 3.63) is 45.1 Å². The number of aromatic amines is 1. The van der Waals surface area contributed by atoms with Crippen LogP contribution in [0.2, 0.25) is 0 Å². The highest BCUT2D eigenvalue weighted by molar-refractivity contribution is 5.79. The zero-order chi connectivity index (χ0) is 17.3. The molecular formula is C17H22N4O3. The van der Waals surface area contributed by atoms with Crippen molar-refractivity contribution in [2.75, 3.05) is 13.1 Å². The maximum Gasteiger partial charge on any atom is 0.329 e. The molecule has 1 fully saturated rings. The fourth-order valence-corrected chi connectivity index (χ4v) is 3.37. The van der Waals surface area contributed by atoms with Gasteiger partial charge in [-0.3, -0.25) is 14.2 Å². The van der Waals surface area contributed by atoms with Crippen LogP contribution in [0.3, 0.4) is 0 Å². The van der Waals surface area contributed by atoms with Gasteiger partial charge in [0.05, 0.1) is 10.9 Å². The first-order valence-electron chi connectivity index (χ1n) is 8.22. The second kappa shape index (κ2) is 6.60. The van der Waals surface area contributed by atoms with Gasteiger partial charge in [0.25, 0.3) is 5.56 Å². The van der Waals surface area contributed by atoms with Gasteiger partial charge in [0.1, 0.15) is 6.54 Å². The molecule has 0 aliphatic carbocycles. The number of likely N-dealkylation sites (tertiary alicyclic amines) is 1. The third-order valence-electron chi connectivity index (χ3n) is 4.75. The lowest BCUT2D eigenvalue weighted by Crippen LogP contribution is -2.51. The third kappa shape index (κ3) is 2.99. The Morgan fingerprint density at radius 3 is 2.83 bits per heavy atom. The molecule has 0 saturated carbocycles. The molecule has 0 bridgehead atoms. The predicted molar refractivity (Wildman–Crippen MR) is 91.8 cm³/mol. The van der Waals surface area contributed by atoms with Crippen LogP contribution in [0.4, 0.5) is 0 Å². The van der Waals surface area contributed by atoms with Crippen LogP contribution in [0.15, 0.2) is 33.9 Å². The van der Waals surface area contributed by atoms with E-state index in [0.29, 0.717) is 29.9 Å². The van der Waals surface area contributed by atoms with Crippen LogP contribution in [-0.4, -0.2) is 39.5 Å². The van der Waals surface area contributed by atoms with Gasteiger partial charge < -0.3 is 15.6 Å². The molecule has 2 aromatic rings. The Morgan fingerprint density at radius 1 is 1.33 bits per heavy atom. The molecule has 0 spiro atoms. The van der Waals surface area contributed by atoms with Crippen molar-refractivity contribution in [1.29, 1.82) is 0 Å². The van der Waals surface area contributed by atoms with E-state index >= 15 is 0 Å². The number of nitrogens with zero attached hydrogens (tertiary/aromatic N) is 2. The molecule has 3 N–H and O–H groups in total. The van der Waals surface area contributed by atoms with Gasteiger partial charge in [-0.2, -0.15) is 0 Å². The number of piperidine rings is 1. The highest BCUT2D eigenvalue weighted by atomic mass is 16.2. The molecule has 24 heavy (non-hydrogen) atoms. The molecule has 7 nitrogen and oxygen atoms in total. The van der Waals surface area contributed by atoms with Crippen molar-refractivity contribution < 1.29 is 4.79 Å². The SMILES string of the molecule is CC1CCN(C(=O)Cn2c(=O)[nH]c3ccccc3c2=O)C(CN)C1. The van der Waals surface area contributed by atoms with E-state index in [1.807, 2.05) is 0 Å². The molecule has 2 unspecified atom stereocenters. The molecule has 2 heterocycles. The monoisotopic (exact) mass is 330 g/mol. The number of amides is 1. The largest absolute Gasteiger partial charge is 0.337 e. The van der Waals surface area contributed by atoms with Crippen LogP contribution < -0.4 is 17.0 Å². The second-order valence-electron chi connectivity index (χ2n) is 6.47. The van der Waals surface area contributed by atoms with Crippen LogP contribution in [0.25, 0.3) is 10.9 Å². The normalized spacial score (nSPS) is 21.2. The number of benzene rings is 1. The van der Waals surface area contributed by atoms with Gasteiger partial charge in [-0.25, -0.2) is 4.79 Å². The van der Waals surface area contributed by atoms with E-state index in [1.165, 1.54) is 0 Å².